The number of rotatable bonds is 14. The van der Waals surface area contributed by atoms with E-state index < -0.39 is 0 Å². The van der Waals surface area contributed by atoms with Crippen molar-refractivity contribution in [1.82, 2.24) is 0 Å². The molecule has 0 aromatic heterocycles. The first-order chi connectivity index (χ1) is 13.2. The molecule has 0 N–H and O–H groups in total. The Hall–Kier alpha value is 1.23. The van der Waals surface area contributed by atoms with Crippen LogP contribution in [0.25, 0.3) is 0 Å². The van der Waals surface area contributed by atoms with Crippen molar-refractivity contribution >= 4 is 63.3 Å². The zero-order chi connectivity index (χ0) is 19.5. The molecule has 0 nitrogen and oxygen atoms in total. The first kappa shape index (κ1) is 24.5. The summed E-state index contributed by atoms with van der Waals surface area (Å²) in [5.74, 6) is 0. The van der Waals surface area contributed by atoms with E-state index in [9.17, 15) is 0 Å². The van der Waals surface area contributed by atoms with Gasteiger partial charge in [0.2, 0.25) is 0 Å². The minimum Gasteiger partial charge on any atom is -0.0654 e. The van der Waals surface area contributed by atoms with E-state index in [0.29, 0.717) is 0 Å². The molecule has 0 aliphatic carbocycles. The summed E-state index contributed by atoms with van der Waals surface area (Å²) in [6.07, 6.45) is 18.8. The van der Waals surface area contributed by atoms with Crippen LogP contribution in [0, 0.1) is 0 Å². The second kappa shape index (κ2) is 14.3. The average Bonchev–Trinajstić information content (AvgIpc) is 3.15. The number of benzene rings is 1. The molecule has 0 bridgehead atoms. The molecule has 1 aliphatic rings. The lowest BCUT2D eigenvalue weighted by atomic mass is 10.0. The number of hydrogen-bond donors (Lipinski definition) is 0. The van der Waals surface area contributed by atoms with Crippen molar-refractivity contribution < 1.29 is 0 Å². The quantitative estimate of drug-likeness (QED) is 0.166. The van der Waals surface area contributed by atoms with E-state index in [1.807, 2.05) is 31.4 Å². The minimum atomic E-state index is 1.21. The van der Waals surface area contributed by atoms with Crippen molar-refractivity contribution in [3.05, 3.63) is 20.1 Å². The van der Waals surface area contributed by atoms with E-state index in [1.165, 1.54) is 98.8 Å². The molecular formula is C22H34Br2S3. The molecule has 154 valence electrons. The van der Waals surface area contributed by atoms with Gasteiger partial charge in [-0.15, -0.1) is 0 Å². The Labute approximate surface area is 195 Å². The Bertz CT molecular complexity index is 526. The Morgan fingerprint density at radius 1 is 0.556 bits per heavy atom. The maximum atomic E-state index is 3.94. The normalized spacial score (nSPS) is 13.3. The highest BCUT2D eigenvalue weighted by molar-refractivity contribution is 9.13. The van der Waals surface area contributed by atoms with E-state index in [1.54, 1.807) is 20.9 Å². The van der Waals surface area contributed by atoms with Gasteiger partial charge in [-0.1, -0.05) is 78.1 Å². The molecule has 1 aromatic rings. The predicted octanol–water partition coefficient (Wildman–Crippen LogP) is 10.8. The molecule has 0 saturated carbocycles. The summed E-state index contributed by atoms with van der Waals surface area (Å²) < 4.78 is 2.65. The molecule has 0 spiro atoms. The molecular weight excluding hydrogens is 520 g/mol. The van der Waals surface area contributed by atoms with Crippen molar-refractivity contribution in [2.24, 2.45) is 0 Å². The van der Waals surface area contributed by atoms with Crippen LogP contribution >= 0.6 is 63.3 Å². The SMILES string of the molecule is CCCCCCCCc1c(Br)c(Br)c(CCCCCCCC)c2c1SSS2. The third-order valence-electron chi connectivity index (χ3n) is 5.27. The number of fused-ring (bicyclic) bond motifs is 1. The number of halogens is 2. The molecule has 5 heteroatoms. The largest absolute Gasteiger partial charge is 0.0654 e. The standard InChI is InChI=1S/C22H34Br2S3/c1-3-5-7-9-11-13-15-17-19(23)20(24)18(22-21(17)25-27-26-22)16-14-12-10-8-6-4-2/h3-16H2,1-2H3. The fourth-order valence-electron chi connectivity index (χ4n) is 3.61. The lowest BCUT2D eigenvalue weighted by molar-refractivity contribution is 0.601. The maximum absolute atomic E-state index is 3.94. The van der Waals surface area contributed by atoms with Crippen molar-refractivity contribution in [2.75, 3.05) is 0 Å². The van der Waals surface area contributed by atoms with Crippen molar-refractivity contribution in [3.63, 3.8) is 0 Å². The molecule has 0 atom stereocenters. The van der Waals surface area contributed by atoms with Crippen LogP contribution in [0.15, 0.2) is 18.7 Å². The van der Waals surface area contributed by atoms with Crippen LogP contribution in [0.4, 0.5) is 0 Å². The molecule has 1 aliphatic heterocycles. The Morgan fingerprint density at radius 2 is 0.926 bits per heavy atom. The molecule has 27 heavy (non-hydrogen) atoms. The van der Waals surface area contributed by atoms with E-state index in [0.717, 1.165) is 0 Å². The van der Waals surface area contributed by atoms with Gasteiger partial charge >= 0.3 is 0 Å². The molecule has 0 radical (unpaired) electrons. The van der Waals surface area contributed by atoms with Gasteiger partial charge in [-0.2, -0.15) is 0 Å². The third-order valence-corrected chi connectivity index (χ3v) is 11.7. The van der Waals surface area contributed by atoms with Crippen molar-refractivity contribution in [2.45, 2.75) is 114 Å². The second-order valence-electron chi connectivity index (χ2n) is 7.51. The summed E-state index contributed by atoms with van der Waals surface area (Å²) in [4.78, 5) is 3.10. The van der Waals surface area contributed by atoms with Crippen LogP contribution in [0.1, 0.15) is 102 Å². The Morgan fingerprint density at radius 3 is 1.33 bits per heavy atom. The molecule has 1 heterocycles. The zero-order valence-corrected chi connectivity index (χ0v) is 22.5. The van der Waals surface area contributed by atoms with Crippen LogP contribution in [0.5, 0.6) is 0 Å². The monoisotopic (exact) mass is 552 g/mol. The fourth-order valence-corrected chi connectivity index (χ4v) is 10.0. The summed E-state index contributed by atoms with van der Waals surface area (Å²) >= 11 is 7.89. The molecule has 0 fully saturated rings. The van der Waals surface area contributed by atoms with Gasteiger partial charge in [0, 0.05) is 18.7 Å². The van der Waals surface area contributed by atoms with E-state index in [-0.39, 0.29) is 0 Å². The van der Waals surface area contributed by atoms with E-state index >= 15 is 0 Å². The lowest BCUT2D eigenvalue weighted by Crippen LogP contribution is -1.99. The number of unbranched alkanes of at least 4 members (excludes halogenated alkanes) is 10. The first-order valence-corrected chi connectivity index (χ1v) is 15.8. The summed E-state index contributed by atoms with van der Waals surface area (Å²) in [5.41, 5.74) is 3.09. The van der Waals surface area contributed by atoms with Crippen LogP contribution in [-0.2, 0) is 12.8 Å². The highest BCUT2D eigenvalue weighted by Gasteiger charge is 2.26. The summed E-state index contributed by atoms with van der Waals surface area (Å²) in [6.45, 7) is 4.58. The lowest BCUT2D eigenvalue weighted by Gasteiger charge is -2.17. The van der Waals surface area contributed by atoms with Gasteiger partial charge in [0.1, 0.15) is 0 Å². The third kappa shape index (κ3) is 7.77. The zero-order valence-electron chi connectivity index (χ0n) is 16.9. The van der Waals surface area contributed by atoms with Crippen LogP contribution in [0.2, 0.25) is 0 Å². The molecule has 2 rings (SSSR count). The van der Waals surface area contributed by atoms with Gasteiger partial charge in [0.25, 0.3) is 0 Å². The van der Waals surface area contributed by atoms with Gasteiger partial charge in [-0.3, -0.25) is 0 Å². The smallest absolute Gasteiger partial charge is 0.0383 e. The topological polar surface area (TPSA) is 0 Å². The Balaban J connectivity index is 1.96. The molecule has 0 amide bonds. The summed E-state index contributed by atoms with van der Waals surface area (Å²) in [6, 6.07) is 0. The fraction of sp³-hybridized carbons (Fsp3) is 0.727. The molecule has 0 saturated heterocycles. The average molecular weight is 555 g/mol. The highest BCUT2D eigenvalue weighted by Crippen LogP contribution is 2.60. The van der Waals surface area contributed by atoms with Crippen molar-refractivity contribution in [1.29, 1.82) is 0 Å². The predicted molar refractivity (Wildman–Crippen MR) is 135 cm³/mol. The number of hydrogen-bond acceptors (Lipinski definition) is 3. The van der Waals surface area contributed by atoms with Gasteiger partial charge < -0.3 is 0 Å². The summed E-state index contributed by atoms with van der Waals surface area (Å²) in [5, 5.41) is 0. The van der Waals surface area contributed by atoms with Crippen molar-refractivity contribution in [3.8, 4) is 0 Å². The van der Waals surface area contributed by atoms with E-state index in [4.69, 9.17) is 0 Å². The second-order valence-corrected chi connectivity index (χ2v) is 13.0. The Kier molecular flexibility index (Phi) is 13.0. The molecule has 0 unspecified atom stereocenters. The van der Waals surface area contributed by atoms with Gasteiger partial charge in [0.15, 0.2) is 0 Å². The van der Waals surface area contributed by atoms with Gasteiger partial charge in [-0.25, -0.2) is 0 Å². The summed E-state index contributed by atoms with van der Waals surface area (Å²) in [7, 11) is 5.91. The minimum absolute atomic E-state index is 1.21. The molecule has 1 aromatic carbocycles. The maximum Gasteiger partial charge on any atom is 0.0383 e. The van der Waals surface area contributed by atoms with Crippen LogP contribution < -0.4 is 0 Å². The van der Waals surface area contributed by atoms with Crippen LogP contribution in [-0.4, -0.2) is 0 Å². The van der Waals surface area contributed by atoms with Gasteiger partial charge in [-0.05, 0) is 100 Å². The van der Waals surface area contributed by atoms with Gasteiger partial charge in [0.05, 0.1) is 0 Å². The van der Waals surface area contributed by atoms with E-state index in [2.05, 4.69) is 45.7 Å². The first-order valence-electron chi connectivity index (χ1n) is 10.7. The highest BCUT2D eigenvalue weighted by atomic mass is 79.9. The van der Waals surface area contributed by atoms with Crippen LogP contribution in [0.3, 0.4) is 0 Å².